The summed E-state index contributed by atoms with van der Waals surface area (Å²) in [5.74, 6) is -2.86. The number of carbonyl (C=O) groups excluding carboxylic acids is 2. The molecule has 1 aliphatic heterocycles. The first-order valence-corrected chi connectivity index (χ1v) is 8.72. The van der Waals surface area contributed by atoms with E-state index in [4.69, 9.17) is 4.74 Å². The van der Waals surface area contributed by atoms with E-state index in [9.17, 15) is 18.4 Å². The minimum absolute atomic E-state index is 0.214. The quantitative estimate of drug-likeness (QED) is 0.651. The van der Waals surface area contributed by atoms with Crippen molar-refractivity contribution < 1.29 is 23.1 Å². The Labute approximate surface area is 154 Å². The Balaban J connectivity index is 2.10. The van der Waals surface area contributed by atoms with Crippen molar-refractivity contribution in [2.45, 2.75) is 39.3 Å². The Morgan fingerprint density at radius 2 is 1.88 bits per heavy atom. The highest BCUT2D eigenvalue weighted by Crippen LogP contribution is 2.22. The molecule has 1 aliphatic rings. The zero-order valence-electron chi connectivity index (χ0n) is 14.6. The fourth-order valence-electron chi connectivity index (χ4n) is 2.62. The van der Waals surface area contributed by atoms with Gasteiger partial charge in [-0.05, 0) is 39.8 Å². The highest BCUT2D eigenvalue weighted by Gasteiger charge is 2.33. The summed E-state index contributed by atoms with van der Waals surface area (Å²) in [6, 6.07) is 1.92. The molecule has 1 heterocycles. The average molecular weight is 419 g/mol. The maximum Gasteiger partial charge on any atom is 0.410 e. The number of halogens is 3. The lowest BCUT2D eigenvalue weighted by atomic mass is 10.1. The van der Waals surface area contributed by atoms with Gasteiger partial charge in [0.25, 0.3) is 5.91 Å². The molecule has 1 unspecified atom stereocenters. The van der Waals surface area contributed by atoms with Gasteiger partial charge in [-0.25, -0.2) is 13.6 Å². The second-order valence-electron chi connectivity index (χ2n) is 7.02. The Hall–Kier alpha value is -1.70. The van der Waals surface area contributed by atoms with Gasteiger partial charge in [0, 0.05) is 30.1 Å². The lowest BCUT2D eigenvalue weighted by molar-refractivity contribution is 0.00189. The molecule has 1 fully saturated rings. The number of nitrogens with zero attached hydrogens (tertiary/aromatic N) is 2. The van der Waals surface area contributed by atoms with Crippen molar-refractivity contribution in [2.75, 3.05) is 19.6 Å². The van der Waals surface area contributed by atoms with Crippen molar-refractivity contribution in [3.8, 4) is 0 Å². The van der Waals surface area contributed by atoms with Crippen LogP contribution in [0.1, 0.15) is 38.1 Å². The van der Waals surface area contributed by atoms with Crippen molar-refractivity contribution in [2.24, 2.45) is 0 Å². The lowest BCUT2D eigenvalue weighted by Crippen LogP contribution is -2.56. The SMILES string of the molecule is CC1CN(C(=O)c2cc(Br)cc(F)c2F)CCN1C(=O)OC(C)(C)C. The van der Waals surface area contributed by atoms with Gasteiger partial charge < -0.3 is 14.5 Å². The normalized spacial score (nSPS) is 18.3. The highest BCUT2D eigenvalue weighted by molar-refractivity contribution is 9.10. The van der Waals surface area contributed by atoms with E-state index in [1.165, 1.54) is 15.9 Å². The number of piperazine rings is 1. The van der Waals surface area contributed by atoms with E-state index in [-0.39, 0.29) is 35.7 Å². The Morgan fingerprint density at radius 3 is 2.44 bits per heavy atom. The van der Waals surface area contributed by atoms with Crippen LogP contribution in [0.3, 0.4) is 0 Å². The number of hydrogen-bond donors (Lipinski definition) is 0. The van der Waals surface area contributed by atoms with Gasteiger partial charge in [0.15, 0.2) is 11.6 Å². The van der Waals surface area contributed by atoms with Crippen molar-refractivity contribution in [1.29, 1.82) is 0 Å². The molecule has 2 amide bonds. The number of benzene rings is 1. The van der Waals surface area contributed by atoms with Crippen molar-refractivity contribution in [3.63, 3.8) is 0 Å². The van der Waals surface area contributed by atoms with E-state index >= 15 is 0 Å². The first-order valence-electron chi connectivity index (χ1n) is 7.93. The second kappa shape index (κ2) is 7.27. The van der Waals surface area contributed by atoms with E-state index < -0.39 is 29.2 Å². The molecule has 2 rings (SSSR count). The molecule has 1 saturated heterocycles. The minimum atomic E-state index is -1.17. The fourth-order valence-corrected chi connectivity index (χ4v) is 3.05. The molecule has 1 aromatic carbocycles. The van der Waals surface area contributed by atoms with Crippen LogP contribution in [-0.4, -0.2) is 53.1 Å². The largest absolute Gasteiger partial charge is 0.444 e. The minimum Gasteiger partial charge on any atom is -0.444 e. The van der Waals surface area contributed by atoms with Gasteiger partial charge in [-0.15, -0.1) is 0 Å². The standard InChI is InChI=1S/C17H21BrF2N2O3/c1-10-9-21(5-6-22(10)16(24)25-17(2,3)4)15(23)12-7-11(18)8-13(19)14(12)20/h7-8,10H,5-6,9H2,1-4H3. The molecule has 25 heavy (non-hydrogen) atoms. The second-order valence-corrected chi connectivity index (χ2v) is 7.94. The molecule has 0 spiro atoms. The number of carbonyl (C=O) groups is 2. The van der Waals surface area contributed by atoms with Crippen LogP contribution in [0.2, 0.25) is 0 Å². The zero-order chi connectivity index (χ0) is 18.9. The van der Waals surface area contributed by atoms with Crippen LogP contribution in [0.5, 0.6) is 0 Å². The van der Waals surface area contributed by atoms with Crippen LogP contribution < -0.4 is 0 Å². The van der Waals surface area contributed by atoms with E-state index in [2.05, 4.69) is 15.9 Å². The van der Waals surface area contributed by atoms with E-state index in [0.717, 1.165) is 6.07 Å². The van der Waals surface area contributed by atoms with Crippen LogP contribution in [-0.2, 0) is 4.74 Å². The maximum absolute atomic E-state index is 13.9. The van der Waals surface area contributed by atoms with Crippen molar-refractivity contribution in [1.82, 2.24) is 9.80 Å². The third-order valence-corrected chi connectivity index (χ3v) is 4.22. The molecule has 0 aromatic heterocycles. The van der Waals surface area contributed by atoms with Crippen LogP contribution in [0.25, 0.3) is 0 Å². The summed E-state index contributed by atoms with van der Waals surface area (Å²) in [6.45, 7) is 7.81. The number of hydrogen-bond acceptors (Lipinski definition) is 3. The summed E-state index contributed by atoms with van der Waals surface area (Å²) in [5, 5.41) is 0. The first kappa shape index (κ1) is 19.6. The molecule has 0 radical (unpaired) electrons. The van der Waals surface area contributed by atoms with Gasteiger partial charge >= 0.3 is 6.09 Å². The third-order valence-electron chi connectivity index (χ3n) is 3.77. The zero-order valence-corrected chi connectivity index (χ0v) is 16.2. The summed E-state index contributed by atoms with van der Waals surface area (Å²) in [5.41, 5.74) is -0.939. The van der Waals surface area contributed by atoms with E-state index in [1.54, 1.807) is 27.7 Å². The van der Waals surface area contributed by atoms with Gasteiger partial charge in [-0.1, -0.05) is 15.9 Å². The first-order chi connectivity index (χ1) is 11.5. The van der Waals surface area contributed by atoms with Gasteiger partial charge in [-0.2, -0.15) is 0 Å². The molecule has 0 saturated carbocycles. The number of rotatable bonds is 1. The molecule has 0 bridgehead atoms. The molecule has 5 nitrogen and oxygen atoms in total. The third kappa shape index (κ3) is 4.68. The summed E-state index contributed by atoms with van der Waals surface area (Å²) in [7, 11) is 0. The molecule has 1 aromatic rings. The summed E-state index contributed by atoms with van der Waals surface area (Å²) in [4.78, 5) is 27.7. The lowest BCUT2D eigenvalue weighted by Gasteiger charge is -2.40. The Morgan fingerprint density at radius 1 is 1.24 bits per heavy atom. The summed E-state index contributed by atoms with van der Waals surface area (Å²) < 4.78 is 33.1. The molecular formula is C17H21BrF2N2O3. The molecular weight excluding hydrogens is 398 g/mol. The van der Waals surface area contributed by atoms with Crippen LogP contribution >= 0.6 is 15.9 Å². The number of ether oxygens (including phenoxy) is 1. The van der Waals surface area contributed by atoms with Gasteiger partial charge in [0.1, 0.15) is 5.60 Å². The van der Waals surface area contributed by atoms with Gasteiger partial charge in [-0.3, -0.25) is 4.79 Å². The molecule has 0 aliphatic carbocycles. The fraction of sp³-hybridized carbons (Fsp3) is 0.529. The predicted octanol–water partition coefficient (Wildman–Crippen LogP) is 3.81. The average Bonchev–Trinajstić information content (AvgIpc) is 2.48. The maximum atomic E-state index is 13.9. The van der Waals surface area contributed by atoms with Crippen LogP contribution in [0, 0.1) is 11.6 Å². The molecule has 0 N–H and O–H groups in total. The Kier molecular flexibility index (Phi) is 5.71. The number of amides is 2. The summed E-state index contributed by atoms with van der Waals surface area (Å²) in [6.07, 6.45) is -0.452. The van der Waals surface area contributed by atoms with E-state index in [1.807, 2.05) is 0 Å². The smallest absolute Gasteiger partial charge is 0.410 e. The predicted molar refractivity (Wildman–Crippen MR) is 92.4 cm³/mol. The highest BCUT2D eigenvalue weighted by atomic mass is 79.9. The van der Waals surface area contributed by atoms with Gasteiger partial charge in [0.2, 0.25) is 0 Å². The van der Waals surface area contributed by atoms with Crippen LogP contribution in [0.15, 0.2) is 16.6 Å². The topological polar surface area (TPSA) is 49.9 Å². The molecule has 138 valence electrons. The van der Waals surface area contributed by atoms with Crippen molar-refractivity contribution in [3.05, 3.63) is 33.8 Å². The Bertz CT molecular complexity index is 691. The summed E-state index contributed by atoms with van der Waals surface area (Å²) >= 11 is 3.06. The van der Waals surface area contributed by atoms with Crippen molar-refractivity contribution >= 4 is 27.9 Å². The van der Waals surface area contributed by atoms with Crippen LogP contribution in [0.4, 0.5) is 13.6 Å². The molecule has 1 atom stereocenters. The molecule has 8 heteroatoms. The van der Waals surface area contributed by atoms with Gasteiger partial charge in [0.05, 0.1) is 5.56 Å². The monoisotopic (exact) mass is 418 g/mol. The van der Waals surface area contributed by atoms with E-state index in [0.29, 0.717) is 0 Å².